The molecule has 0 N–H and O–H groups in total. The summed E-state index contributed by atoms with van der Waals surface area (Å²) in [7, 11) is 0. The molecule has 0 radical (unpaired) electrons. The molecule has 4 heteroatoms. The zero-order valence-electron chi connectivity index (χ0n) is 24.6. The fraction of sp³-hybridized carbons (Fsp3) is 0. The largest absolute Gasteiger partial charge is 0.295 e. The molecule has 6 aromatic carbocycles. The lowest BCUT2D eigenvalue weighted by molar-refractivity contribution is 1.20. The van der Waals surface area contributed by atoms with Crippen molar-refractivity contribution in [3.63, 3.8) is 0 Å². The van der Waals surface area contributed by atoms with Gasteiger partial charge in [-0.25, -0.2) is 4.98 Å². The first-order valence-electron chi connectivity index (χ1n) is 15.1. The zero-order valence-corrected chi connectivity index (χ0v) is 24.4. The molecule has 0 fully saturated rings. The number of thiophene rings is 1. The summed E-state index contributed by atoms with van der Waals surface area (Å²) in [6.07, 6.45) is 2.12. The van der Waals surface area contributed by atoms with E-state index in [2.05, 4.69) is 119 Å². The van der Waals surface area contributed by atoms with Gasteiger partial charge in [-0.2, -0.15) is 0 Å². The first-order valence-corrected chi connectivity index (χ1v) is 15.5. The third-order valence-electron chi connectivity index (χ3n) is 8.39. The fourth-order valence-electron chi connectivity index (χ4n) is 6.19. The molecule has 0 bridgehead atoms. The van der Waals surface area contributed by atoms with Gasteiger partial charge in [0, 0.05) is 54.7 Å². The molecule has 44 heavy (non-hydrogen) atoms. The van der Waals surface area contributed by atoms with E-state index in [0.29, 0.717) is 5.82 Å². The number of pyridine rings is 2. The highest BCUT2D eigenvalue weighted by atomic mass is 32.1. The Labute approximate surface area is 259 Å². The van der Waals surface area contributed by atoms with E-state index < -0.39 is 0 Å². The molecule has 0 aliphatic heterocycles. The van der Waals surface area contributed by atoms with Crippen LogP contribution in [-0.4, -0.2) is 9.97 Å². The van der Waals surface area contributed by atoms with E-state index in [1.807, 2.05) is 36.5 Å². The summed E-state index contributed by atoms with van der Waals surface area (Å²) in [5, 5.41) is 7.73. The van der Waals surface area contributed by atoms with Gasteiger partial charge < -0.3 is 0 Å². The number of aromatic nitrogens is 2. The molecule has 0 saturated heterocycles. The quantitative estimate of drug-likeness (QED) is 0.207. The van der Waals surface area contributed by atoms with Gasteiger partial charge in [-0.15, -0.1) is 11.3 Å². The van der Waals surface area contributed by atoms with Gasteiger partial charge in [0.1, 0.15) is 5.82 Å². The number of nitrogens with zero attached hydrogens (tertiary/aromatic N) is 3. The highest BCUT2D eigenvalue weighted by Crippen LogP contribution is 2.42. The van der Waals surface area contributed by atoms with Gasteiger partial charge in [0.15, 0.2) is 0 Å². The Morgan fingerprint density at radius 3 is 2.16 bits per heavy atom. The third kappa shape index (κ3) is 4.19. The van der Waals surface area contributed by atoms with Gasteiger partial charge in [-0.3, -0.25) is 9.88 Å². The third-order valence-corrected chi connectivity index (χ3v) is 9.51. The van der Waals surface area contributed by atoms with Crippen molar-refractivity contribution in [2.24, 2.45) is 0 Å². The molecule has 0 spiro atoms. The second-order valence-electron chi connectivity index (χ2n) is 11.1. The van der Waals surface area contributed by atoms with Crippen molar-refractivity contribution in [1.29, 1.82) is 0 Å². The highest BCUT2D eigenvalue weighted by Gasteiger charge is 2.17. The van der Waals surface area contributed by atoms with Crippen LogP contribution in [0.15, 0.2) is 152 Å². The second kappa shape index (κ2) is 10.0. The Morgan fingerprint density at radius 1 is 0.500 bits per heavy atom. The molecule has 0 aliphatic carbocycles. The lowest BCUT2D eigenvalue weighted by Crippen LogP contribution is -2.11. The van der Waals surface area contributed by atoms with Crippen LogP contribution < -0.4 is 4.90 Å². The summed E-state index contributed by atoms with van der Waals surface area (Å²) >= 11 is 1.79. The molecule has 3 heterocycles. The number of hydrogen-bond acceptors (Lipinski definition) is 4. The Bertz CT molecular complexity index is 2570. The van der Waals surface area contributed by atoms with Crippen molar-refractivity contribution < 1.29 is 1.37 Å². The van der Waals surface area contributed by atoms with Crippen LogP contribution >= 0.6 is 11.3 Å². The SMILES string of the molecule is [2H]c1nc(N(c2ccc3cc(-c4ccccc4)ccc3c2)c2ccc3c(c2)sc2cc4cccnc4cc23)cc2ccccc12. The molecule has 0 aliphatic rings. The van der Waals surface area contributed by atoms with Crippen molar-refractivity contribution in [2.75, 3.05) is 4.90 Å². The molecule has 3 aromatic heterocycles. The van der Waals surface area contributed by atoms with Gasteiger partial charge in [0.25, 0.3) is 0 Å². The summed E-state index contributed by atoms with van der Waals surface area (Å²) < 4.78 is 11.2. The molecule has 0 amide bonds. The minimum Gasteiger partial charge on any atom is -0.295 e. The van der Waals surface area contributed by atoms with Crippen LogP contribution in [0.2, 0.25) is 0 Å². The maximum absolute atomic E-state index is 8.79. The van der Waals surface area contributed by atoms with Gasteiger partial charge >= 0.3 is 0 Å². The molecular formula is C40H25N3S. The van der Waals surface area contributed by atoms with Crippen LogP contribution in [0.3, 0.4) is 0 Å². The average Bonchev–Trinajstić information content (AvgIpc) is 3.44. The number of rotatable bonds is 4. The van der Waals surface area contributed by atoms with Crippen LogP contribution in [0.5, 0.6) is 0 Å². The second-order valence-corrected chi connectivity index (χ2v) is 12.2. The van der Waals surface area contributed by atoms with E-state index in [9.17, 15) is 0 Å². The maximum atomic E-state index is 8.79. The Morgan fingerprint density at radius 2 is 1.23 bits per heavy atom. The minimum atomic E-state index is 0.267. The van der Waals surface area contributed by atoms with Crippen molar-refractivity contribution in [3.05, 3.63) is 152 Å². The predicted molar refractivity (Wildman–Crippen MR) is 188 cm³/mol. The van der Waals surface area contributed by atoms with E-state index in [-0.39, 0.29) is 6.17 Å². The molecule has 3 nitrogen and oxygen atoms in total. The van der Waals surface area contributed by atoms with Gasteiger partial charge in [0.05, 0.1) is 6.89 Å². The molecule has 0 unspecified atom stereocenters. The summed E-state index contributed by atoms with van der Waals surface area (Å²) in [4.78, 5) is 11.6. The van der Waals surface area contributed by atoms with Gasteiger partial charge in [0.2, 0.25) is 0 Å². The van der Waals surface area contributed by atoms with Gasteiger partial charge in [-0.1, -0.05) is 84.9 Å². The van der Waals surface area contributed by atoms with Crippen LogP contribution in [0.25, 0.3) is 63.7 Å². The first-order chi connectivity index (χ1) is 22.2. The minimum absolute atomic E-state index is 0.267. The van der Waals surface area contributed by atoms with Crippen LogP contribution in [0, 0.1) is 0 Å². The molecule has 206 valence electrons. The normalized spacial score (nSPS) is 12.0. The van der Waals surface area contributed by atoms with Crippen LogP contribution in [0.4, 0.5) is 17.2 Å². The maximum Gasteiger partial charge on any atom is 0.138 e. The topological polar surface area (TPSA) is 29.0 Å². The number of hydrogen-bond donors (Lipinski definition) is 0. The van der Waals surface area contributed by atoms with E-state index in [4.69, 9.17) is 6.35 Å². The molecule has 0 atom stereocenters. The summed E-state index contributed by atoms with van der Waals surface area (Å²) in [6.45, 7) is 0. The molecule has 9 aromatic rings. The van der Waals surface area contributed by atoms with Crippen molar-refractivity contribution >= 4 is 81.1 Å². The Kier molecular flexibility index (Phi) is 5.44. The van der Waals surface area contributed by atoms with Crippen molar-refractivity contribution in [3.8, 4) is 11.1 Å². The van der Waals surface area contributed by atoms with E-state index in [0.717, 1.165) is 38.4 Å². The Balaban J connectivity index is 1.23. The molecule has 0 saturated carbocycles. The first kappa shape index (κ1) is 23.9. The van der Waals surface area contributed by atoms with Crippen molar-refractivity contribution in [2.45, 2.75) is 0 Å². The number of anilines is 3. The smallest absolute Gasteiger partial charge is 0.138 e. The number of fused-ring (bicyclic) bond motifs is 6. The van der Waals surface area contributed by atoms with E-state index in [1.165, 1.54) is 36.7 Å². The highest BCUT2D eigenvalue weighted by molar-refractivity contribution is 7.25. The summed E-state index contributed by atoms with van der Waals surface area (Å²) in [6, 6.07) is 48.9. The van der Waals surface area contributed by atoms with E-state index in [1.54, 1.807) is 11.3 Å². The lowest BCUT2D eigenvalue weighted by atomic mass is 10.0. The summed E-state index contributed by atoms with van der Waals surface area (Å²) in [5.74, 6) is 0.717. The lowest BCUT2D eigenvalue weighted by Gasteiger charge is -2.25. The predicted octanol–water partition coefficient (Wildman–Crippen LogP) is 11.4. The van der Waals surface area contributed by atoms with Crippen LogP contribution in [0.1, 0.15) is 1.37 Å². The fourth-order valence-corrected chi connectivity index (χ4v) is 7.36. The summed E-state index contributed by atoms with van der Waals surface area (Å²) in [5.41, 5.74) is 5.40. The number of benzene rings is 6. The Hall–Kier alpha value is -5.58. The zero-order chi connectivity index (χ0) is 29.9. The molecule has 9 rings (SSSR count). The van der Waals surface area contributed by atoms with Gasteiger partial charge in [-0.05, 0) is 81.9 Å². The van der Waals surface area contributed by atoms with Crippen LogP contribution in [-0.2, 0) is 0 Å². The van der Waals surface area contributed by atoms with E-state index >= 15 is 0 Å². The van der Waals surface area contributed by atoms with Crippen molar-refractivity contribution in [1.82, 2.24) is 9.97 Å². The molecular weight excluding hydrogens is 555 g/mol. The average molecular weight is 581 g/mol. The monoisotopic (exact) mass is 580 g/mol. The standard InChI is InChI=1S/C40H25N3S/c1-2-7-26(8-3-1)28-12-13-30-20-33(15-14-29(30)19-28)43(40-22-27-9-4-5-10-32(27)25-42-40)34-16-17-35-36-24-37-31(11-6-18-41-37)21-38(36)44-39(35)23-34/h1-25H/i25D.